The van der Waals surface area contributed by atoms with E-state index in [1.54, 1.807) is 6.08 Å². The summed E-state index contributed by atoms with van der Waals surface area (Å²) < 4.78 is 0. The maximum Gasteiger partial charge on any atom is 0.169 e. The van der Waals surface area contributed by atoms with Gasteiger partial charge in [-0.2, -0.15) is 0 Å². The molecule has 4 nitrogen and oxygen atoms in total. The predicted molar refractivity (Wildman–Crippen MR) is 34.7 cm³/mol. The second kappa shape index (κ2) is 2.30. The molecule has 1 aromatic heterocycles. The summed E-state index contributed by atoms with van der Waals surface area (Å²) in [4.78, 5) is 0. The molecule has 0 radical (unpaired) electrons. The fourth-order valence-corrected chi connectivity index (χ4v) is 0.551. The maximum atomic E-state index is 5.37. The molecule has 1 aromatic rings. The second-order valence-corrected chi connectivity index (χ2v) is 1.67. The molecule has 0 spiro atoms. The van der Waals surface area contributed by atoms with Gasteiger partial charge in [-0.1, -0.05) is 11.3 Å². The highest BCUT2D eigenvalue weighted by Gasteiger charge is 1.97. The van der Waals surface area contributed by atoms with Gasteiger partial charge in [-0.15, -0.1) is 11.7 Å². The fraction of sp³-hybridized carbons (Fsp3) is 0.200. The quantitative estimate of drug-likeness (QED) is 0.550. The monoisotopic (exact) mass is 124 g/mol. The third kappa shape index (κ3) is 1.07. The molecule has 0 aliphatic rings. The summed E-state index contributed by atoms with van der Waals surface area (Å²) in [6.45, 7) is 3.55. The Bertz CT molecular complexity index is 202. The van der Waals surface area contributed by atoms with Crippen LogP contribution >= 0.6 is 0 Å². The molecule has 0 aromatic carbocycles. The van der Waals surface area contributed by atoms with Crippen LogP contribution in [0.3, 0.4) is 0 Å². The minimum Gasteiger partial charge on any atom is -0.381 e. The minimum absolute atomic E-state index is 0.454. The van der Waals surface area contributed by atoms with Gasteiger partial charge in [-0.3, -0.25) is 5.10 Å². The van der Waals surface area contributed by atoms with Crippen LogP contribution in [0.5, 0.6) is 0 Å². The molecule has 0 saturated heterocycles. The molecule has 0 fully saturated rings. The third-order valence-electron chi connectivity index (χ3n) is 1.00. The average molecular weight is 124 g/mol. The van der Waals surface area contributed by atoms with Crippen molar-refractivity contribution in [3.05, 3.63) is 18.3 Å². The molecule has 0 bridgehead atoms. The Morgan fingerprint density at radius 3 is 3.00 bits per heavy atom. The number of aromatic nitrogens is 3. The van der Waals surface area contributed by atoms with Crippen molar-refractivity contribution in [3.63, 3.8) is 0 Å². The van der Waals surface area contributed by atoms with E-state index >= 15 is 0 Å². The first kappa shape index (κ1) is 5.81. The molecule has 3 N–H and O–H groups in total. The van der Waals surface area contributed by atoms with Crippen LogP contribution in [0.1, 0.15) is 5.69 Å². The average Bonchev–Trinajstić information content (AvgIpc) is 2.18. The van der Waals surface area contributed by atoms with Gasteiger partial charge < -0.3 is 5.73 Å². The lowest BCUT2D eigenvalue weighted by Crippen LogP contribution is -1.90. The SMILES string of the molecule is C=CCc1[nH]nnc1N. The molecule has 0 aliphatic heterocycles. The van der Waals surface area contributed by atoms with Crippen molar-refractivity contribution in [2.75, 3.05) is 5.73 Å². The molecule has 1 rings (SSSR count). The topological polar surface area (TPSA) is 67.6 Å². The Kier molecular flexibility index (Phi) is 1.48. The summed E-state index contributed by atoms with van der Waals surface area (Å²) in [6.07, 6.45) is 2.43. The van der Waals surface area contributed by atoms with Gasteiger partial charge in [0.1, 0.15) is 0 Å². The van der Waals surface area contributed by atoms with Crippen LogP contribution in [0.4, 0.5) is 5.82 Å². The molecule has 9 heavy (non-hydrogen) atoms. The molecule has 0 unspecified atom stereocenters. The van der Waals surface area contributed by atoms with Gasteiger partial charge in [-0.25, -0.2) is 0 Å². The number of nitrogens with one attached hydrogen (secondary N) is 1. The third-order valence-corrected chi connectivity index (χ3v) is 1.00. The lowest BCUT2D eigenvalue weighted by atomic mass is 10.3. The molecule has 0 amide bonds. The largest absolute Gasteiger partial charge is 0.381 e. The van der Waals surface area contributed by atoms with Crippen LogP contribution in [0, 0.1) is 0 Å². The highest BCUT2D eigenvalue weighted by Crippen LogP contribution is 2.01. The first-order valence-electron chi connectivity index (χ1n) is 2.61. The summed E-state index contributed by atoms with van der Waals surface area (Å²) in [7, 11) is 0. The molecular weight excluding hydrogens is 116 g/mol. The number of allylic oxidation sites excluding steroid dienone is 1. The van der Waals surface area contributed by atoms with Crippen LogP contribution in [-0.2, 0) is 6.42 Å². The molecule has 0 atom stereocenters. The standard InChI is InChI=1S/C5H8N4/c1-2-3-4-5(6)8-9-7-4/h2H,1,3H2,(H3,6,7,8,9). The molecule has 1 heterocycles. The number of hydrogen-bond acceptors (Lipinski definition) is 3. The van der Waals surface area contributed by atoms with Crippen molar-refractivity contribution in [1.29, 1.82) is 0 Å². The van der Waals surface area contributed by atoms with Crippen molar-refractivity contribution in [2.24, 2.45) is 0 Å². The van der Waals surface area contributed by atoms with E-state index in [0.717, 1.165) is 5.69 Å². The number of nitrogens with two attached hydrogens (primary N) is 1. The number of H-pyrrole nitrogens is 1. The Labute approximate surface area is 52.8 Å². The number of rotatable bonds is 2. The molecule has 0 aliphatic carbocycles. The van der Waals surface area contributed by atoms with Gasteiger partial charge in [-0.05, 0) is 0 Å². The number of anilines is 1. The van der Waals surface area contributed by atoms with E-state index in [1.165, 1.54) is 0 Å². The number of nitrogens with zero attached hydrogens (tertiary/aromatic N) is 2. The van der Waals surface area contributed by atoms with Gasteiger partial charge in [0, 0.05) is 6.42 Å². The first-order valence-corrected chi connectivity index (χ1v) is 2.61. The van der Waals surface area contributed by atoms with E-state index in [2.05, 4.69) is 22.0 Å². The first-order chi connectivity index (χ1) is 4.34. The summed E-state index contributed by atoms with van der Waals surface area (Å²) in [6, 6.07) is 0. The van der Waals surface area contributed by atoms with E-state index < -0.39 is 0 Å². The van der Waals surface area contributed by atoms with E-state index in [1.807, 2.05) is 0 Å². The highest BCUT2D eigenvalue weighted by molar-refractivity contribution is 5.32. The van der Waals surface area contributed by atoms with Crippen LogP contribution in [-0.4, -0.2) is 15.4 Å². The Morgan fingerprint density at radius 2 is 2.56 bits per heavy atom. The Morgan fingerprint density at radius 1 is 1.78 bits per heavy atom. The fourth-order valence-electron chi connectivity index (χ4n) is 0.551. The molecular formula is C5H8N4. The maximum absolute atomic E-state index is 5.37. The van der Waals surface area contributed by atoms with Crippen molar-refractivity contribution < 1.29 is 0 Å². The lowest BCUT2D eigenvalue weighted by Gasteiger charge is -1.86. The number of hydrogen-bond donors (Lipinski definition) is 2. The Balaban J connectivity index is 2.80. The van der Waals surface area contributed by atoms with E-state index in [0.29, 0.717) is 12.2 Å². The van der Waals surface area contributed by atoms with Crippen LogP contribution in [0.2, 0.25) is 0 Å². The number of aromatic amines is 1. The summed E-state index contributed by atoms with van der Waals surface area (Å²) in [5, 5.41) is 9.70. The molecule has 4 heteroatoms. The van der Waals surface area contributed by atoms with Crippen molar-refractivity contribution >= 4 is 5.82 Å². The van der Waals surface area contributed by atoms with E-state index in [4.69, 9.17) is 5.73 Å². The molecule has 48 valence electrons. The summed E-state index contributed by atoms with van der Waals surface area (Å²) in [5.74, 6) is 0.454. The summed E-state index contributed by atoms with van der Waals surface area (Å²) >= 11 is 0. The Hall–Kier alpha value is -1.32. The van der Waals surface area contributed by atoms with Crippen molar-refractivity contribution in [3.8, 4) is 0 Å². The highest BCUT2D eigenvalue weighted by atomic mass is 15.3. The molecule has 0 saturated carbocycles. The zero-order valence-corrected chi connectivity index (χ0v) is 4.96. The van der Waals surface area contributed by atoms with Gasteiger partial charge in [0.2, 0.25) is 0 Å². The normalized spacial score (nSPS) is 9.33. The smallest absolute Gasteiger partial charge is 0.169 e. The lowest BCUT2D eigenvalue weighted by molar-refractivity contribution is 0.920. The van der Waals surface area contributed by atoms with Crippen molar-refractivity contribution in [2.45, 2.75) is 6.42 Å². The zero-order chi connectivity index (χ0) is 6.69. The van der Waals surface area contributed by atoms with E-state index in [9.17, 15) is 0 Å². The summed E-state index contributed by atoms with van der Waals surface area (Å²) in [5.41, 5.74) is 6.20. The predicted octanol–water partition coefficient (Wildman–Crippen LogP) is 0.115. The van der Waals surface area contributed by atoms with Crippen LogP contribution in [0.25, 0.3) is 0 Å². The van der Waals surface area contributed by atoms with E-state index in [-0.39, 0.29) is 0 Å². The zero-order valence-electron chi connectivity index (χ0n) is 4.96. The van der Waals surface area contributed by atoms with Crippen molar-refractivity contribution in [1.82, 2.24) is 15.4 Å². The van der Waals surface area contributed by atoms with Gasteiger partial charge in [0.15, 0.2) is 5.82 Å². The second-order valence-electron chi connectivity index (χ2n) is 1.67. The van der Waals surface area contributed by atoms with Gasteiger partial charge in [0.25, 0.3) is 0 Å². The number of nitrogen functional groups attached to an aromatic ring is 1. The minimum atomic E-state index is 0.454. The van der Waals surface area contributed by atoms with Crippen LogP contribution < -0.4 is 5.73 Å². The van der Waals surface area contributed by atoms with Crippen LogP contribution in [0.15, 0.2) is 12.7 Å². The van der Waals surface area contributed by atoms with Gasteiger partial charge in [0.05, 0.1) is 5.69 Å². The van der Waals surface area contributed by atoms with Gasteiger partial charge >= 0.3 is 0 Å².